The molecule has 5 rings (SSSR count). The van der Waals surface area contributed by atoms with Gasteiger partial charge in [0.1, 0.15) is 0 Å². The van der Waals surface area contributed by atoms with Crippen LogP contribution in [0.3, 0.4) is 0 Å². The van der Waals surface area contributed by atoms with Gasteiger partial charge in [-0.1, -0.05) is 12.6 Å². The summed E-state index contributed by atoms with van der Waals surface area (Å²) in [6.07, 6.45) is 6.51. The molecule has 0 unspecified atom stereocenters. The molecule has 2 amide bonds. The Balaban J connectivity index is 1.44. The Bertz CT molecular complexity index is 1160. The van der Waals surface area contributed by atoms with E-state index >= 15 is 0 Å². The zero-order valence-electron chi connectivity index (χ0n) is 16.0. The number of nitrogens with zero attached hydrogens (tertiary/aromatic N) is 4. The summed E-state index contributed by atoms with van der Waals surface area (Å²) in [5.41, 5.74) is 5.11. The molecule has 0 saturated carbocycles. The SMILES string of the molecule is C=CC(=O)N1CC(N2Cc3cncc(Nc4c(C)ccc5[nH]ncc45)c3C2=O)C1. The van der Waals surface area contributed by atoms with Gasteiger partial charge in [0.25, 0.3) is 5.91 Å². The third-order valence-electron chi connectivity index (χ3n) is 5.72. The van der Waals surface area contributed by atoms with Crippen molar-refractivity contribution in [1.29, 1.82) is 0 Å². The van der Waals surface area contributed by atoms with Crippen molar-refractivity contribution in [2.45, 2.75) is 19.5 Å². The molecular formula is C21H20N6O2. The third-order valence-corrected chi connectivity index (χ3v) is 5.72. The van der Waals surface area contributed by atoms with Crippen molar-refractivity contribution >= 4 is 34.1 Å². The molecule has 0 bridgehead atoms. The highest BCUT2D eigenvalue weighted by Crippen LogP contribution is 2.35. The molecule has 0 radical (unpaired) electrons. The first-order chi connectivity index (χ1) is 14.1. The molecule has 1 aromatic carbocycles. The number of hydrogen-bond donors (Lipinski definition) is 2. The van der Waals surface area contributed by atoms with E-state index in [0.717, 1.165) is 27.7 Å². The van der Waals surface area contributed by atoms with Gasteiger partial charge >= 0.3 is 0 Å². The van der Waals surface area contributed by atoms with Crippen LogP contribution in [0, 0.1) is 6.92 Å². The van der Waals surface area contributed by atoms with Gasteiger partial charge in [-0.25, -0.2) is 0 Å². The maximum Gasteiger partial charge on any atom is 0.257 e. The highest BCUT2D eigenvalue weighted by molar-refractivity contribution is 6.05. The fraction of sp³-hybridized carbons (Fsp3) is 0.238. The quantitative estimate of drug-likeness (QED) is 0.669. The molecule has 1 fully saturated rings. The predicted octanol–water partition coefficient (Wildman–Crippen LogP) is 2.36. The number of pyridine rings is 1. The van der Waals surface area contributed by atoms with Crippen LogP contribution < -0.4 is 5.32 Å². The Hall–Kier alpha value is -3.68. The second-order valence-corrected chi connectivity index (χ2v) is 7.47. The summed E-state index contributed by atoms with van der Waals surface area (Å²) >= 11 is 0. The average Bonchev–Trinajstić information content (AvgIpc) is 3.28. The number of nitrogens with one attached hydrogen (secondary N) is 2. The molecule has 146 valence electrons. The molecule has 29 heavy (non-hydrogen) atoms. The van der Waals surface area contributed by atoms with Gasteiger partial charge in [-0.15, -0.1) is 0 Å². The van der Waals surface area contributed by atoms with Crippen molar-refractivity contribution in [3.8, 4) is 0 Å². The Morgan fingerprint density at radius 3 is 2.93 bits per heavy atom. The van der Waals surface area contributed by atoms with Crippen molar-refractivity contribution in [3.05, 3.63) is 60.1 Å². The smallest absolute Gasteiger partial charge is 0.257 e. The van der Waals surface area contributed by atoms with Gasteiger partial charge in [-0.2, -0.15) is 5.10 Å². The summed E-state index contributed by atoms with van der Waals surface area (Å²) in [6, 6.07) is 4.01. The Morgan fingerprint density at radius 1 is 1.31 bits per heavy atom. The molecule has 2 N–H and O–H groups in total. The second-order valence-electron chi connectivity index (χ2n) is 7.47. The first kappa shape index (κ1) is 17.4. The lowest BCUT2D eigenvalue weighted by molar-refractivity contribution is -0.132. The van der Waals surface area contributed by atoms with E-state index in [1.165, 1.54) is 6.08 Å². The molecule has 8 heteroatoms. The van der Waals surface area contributed by atoms with Crippen LogP contribution in [0.4, 0.5) is 11.4 Å². The van der Waals surface area contributed by atoms with E-state index in [0.29, 0.717) is 30.9 Å². The number of fused-ring (bicyclic) bond motifs is 2. The van der Waals surface area contributed by atoms with E-state index in [1.54, 1.807) is 23.5 Å². The van der Waals surface area contributed by atoms with E-state index in [9.17, 15) is 9.59 Å². The van der Waals surface area contributed by atoms with Crippen LogP contribution in [0.1, 0.15) is 21.5 Å². The van der Waals surface area contributed by atoms with Crippen molar-refractivity contribution in [2.75, 3.05) is 18.4 Å². The van der Waals surface area contributed by atoms with Crippen molar-refractivity contribution in [1.82, 2.24) is 25.0 Å². The molecule has 2 aliphatic heterocycles. The fourth-order valence-electron chi connectivity index (χ4n) is 4.05. The monoisotopic (exact) mass is 388 g/mol. The van der Waals surface area contributed by atoms with Gasteiger partial charge in [-0.05, 0) is 24.6 Å². The standard InChI is InChI=1S/C21H20N6O2/c1-3-18(28)26-10-14(11-26)27-9-13-6-22-8-17(19(13)21(27)29)24-20-12(2)4-5-16-15(20)7-23-25-16/h3-8,14,24H,1,9-11H2,2H3,(H,23,25). The lowest BCUT2D eigenvalue weighted by Crippen LogP contribution is -2.60. The first-order valence-electron chi connectivity index (χ1n) is 9.45. The van der Waals surface area contributed by atoms with Crippen LogP contribution in [0.5, 0.6) is 0 Å². The lowest BCUT2D eigenvalue weighted by atomic mass is 10.1. The number of aromatic amines is 1. The number of carbonyl (C=O) groups excluding carboxylic acids is 2. The number of benzene rings is 1. The lowest BCUT2D eigenvalue weighted by Gasteiger charge is -2.43. The van der Waals surface area contributed by atoms with Gasteiger partial charge in [-0.3, -0.25) is 19.7 Å². The van der Waals surface area contributed by atoms with Gasteiger partial charge in [0.05, 0.1) is 40.9 Å². The summed E-state index contributed by atoms with van der Waals surface area (Å²) in [5.74, 6) is -0.129. The maximum atomic E-state index is 13.2. The van der Waals surface area contributed by atoms with E-state index in [-0.39, 0.29) is 17.9 Å². The van der Waals surface area contributed by atoms with E-state index in [1.807, 2.05) is 24.0 Å². The van der Waals surface area contributed by atoms with Crippen LogP contribution in [0.2, 0.25) is 0 Å². The Kier molecular flexibility index (Phi) is 3.87. The highest BCUT2D eigenvalue weighted by Gasteiger charge is 2.41. The van der Waals surface area contributed by atoms with E-state index in [4.69, 9.17) is 0 Å². The first-order valence-corrected chi connectivity index (χ1v) is 9.45. The number of amides is 2. The number of aromatic nitrogens is 3. The van der Waals surface area contributed by atoms with Crippen LogP contribution in [-0.4, -0.2) is 55.9 Å². The van der Waals surface area contributed by atoms with Crippen molar-refractivity contribution in [2.24, 2.45) is 0 Å². The van der Waals surface area contributed by atoms with Gasteiger partial charge < -0.3 is 15.1 Å². The van der Waals surface area contributed by atoms with Gasteiger partial charge in [0, 0.05) is 36.8 Å². The number of H-pyrrole nitrogens is 1. The minimum absolute atomic E-state index is 0.0192. The molecule has 0 aliphatic carbocycles. The summed E-state index contributed by atoms with van der Waals surface area (Å²) in [6.45, 7) is 7.11. The summed E-state index contributed by atoms with van der Waals surface area (Å²) in [5, 5.41) is 11.5. The van der Waals surface area contributed by atoms with Gasteiger partial charge in [0.2, 0.25) is 5.91 Å². The number of rotatable bonds is 4. The number of anilines is 2. The Labute approximate surface area is 167 Å². The zero-order valence-corrected chi connectivity index (χ0v) is 16.0. The zero-order chi connectivity index (χ0) is 20.1. The minimum atomic E-state index is -0.0990. The minimum Gasteiger partial charge on any atom is -0.353 e. The van der Waals surface area contributed by atoms with Gasteiger partial charge in [0.15, 0.2) is 0 Å². The van der Waals surface area contributed by atoms with Crippen LogP contribution in [0.15, 0.2) is 43.4 Å². The molecule has 1 saturated heterocycles. The van der Waals surface area contributed by atoms with Crippen molar-refractivity contribution < 1.29 is 9.59 Å². The topological polar surface area (TPSA) is 94.2 Å². The third kappa shape index (κ3) is 2.67. The molecule has 2 aromatic heterocycles. The summed E-state index contributed by atoms with van der Waals surface area (Å²) < 4.78 is 0. The number of aryl methyl sites for hydroxylation is 1. The highest BCUT2D eigenvalue weighted by atomic mass is 16.2. The molecule has 0 spiro atoms. The molecule has 8 nitrogen and oxygen atoms in total. The second kappa shape index (κ2) is 6.44. The number of likely N-dealkylation sites (tertiary alicyclic amines) is 1. The molecular weight excluding hydrogens is 368 g/mol. The van der Waals surface area contributed by atoms with E-state index < -0.39 is 0 Å². The number of hydrogen-bond acceptors (Lipinski definition) is 5. The summed E-state index contributed by atoms with van der Waals surface area (Å²) in [7, 11) is 0. The molecule has 0 atom stereocenters. The average molecular weight is 388 g/mol. The normalized spacial score (nSPS) is 16.1. The molecule has 3 aromatic rings. The Morgan fingerprint density at radius 2 is 2.14 bits per heavy atom. The summed E-state index contributed by atoms with van der Waals surface area (Å²) in [4.78, 5) is 32.8. The predicted molar refractivity (Wildman–Crippen MR) is 109 cm³/mol. The van der Waals surface area contributed by atoms with Crippen LogP contribution in [0.25, 0.3) is 10.9 Å². The van der Waals surface area contributed by atoms with Crippen LogP contribution >= 0.6 is 0 Å². The van der Waals surface area contributed by atoms with E-state index in [2.05, 4.69) is 27.1 Å². The molecule has 2 aliphatic rings. The van der Waals surface area contributed by atoms with Crippen molar-refractivity contribution in [3.63, 3.8) is 0 Å². The van der Waals surface area contributed by atoms with Crippen LogP contribution in [-0.2, 0) is 11.3 Å². The molecule has 4 heterocycles. The fourth-order valence-corrected chi connectivity index (χ4v) is 4.05. The number of carbonyl (C=O) groups is 2. The largest absolute Gasteiger partial charge is 0.353 e. The maximum absolute atomic E-state index is 13.2.